The number of aliphatic hydroxyl groups is 2. The van der Waals surface area contributed by atoms with Crippen molar-refractivity contribution in [2.45, 2.75) is 90.1 Å². The molecule has 0 bridgehead atoms. The Balaban J connectivity index is 2.06. The fourth-order valence-corrected chi connectivity index (χ4v) is 6.61. The molecule has 1 heterocycles. The molecule has 1 saturated heterocycles. The summed E-state index contributed by atoms with van der Waals surface area (Å²) >= 11 is 0. The van der Waals surface area contributed by atoms with E-state index in [0.29, 0.717) is 12.3 Å². The maximum Gasteiger partial charge on any atom is 0.0864 e. The molecule has 132 valence electrons. The summed E-state index contributed by atoms with van der Waals surface area (Å²) in [6, 6.07) is 0. The number of ether oxygens (including phenoxy) is 1. The Hall–Kier alpha value is -0.380. The second-order valence-corrected chi connectivity index (χ2v) is 9.68. The van der Waals surface area contributed by atoms with Crippen molar-refractivity contribution in [3.63, 3.8) is 0 Å². The molecule has 2 saturated carbocycles. The molecule has 2 N–H and O–H groups in total. The fraction of sp³-hybridized carbons (Fsp3) is 0.900. The van der Waals surface area contributed by atoms with Crippen LogP contribution >= 0.6 is 0 Å². The lowest BCUT2D eigenvalue weighted by Crippen LogP contribution is -2.69. The molecule has 7 atom stereocenters. The van der Waals surface area contributed by atoms with E-state index in [-0.39, 0.29) is 22.9 Å². The third kappa shape index (κ3) is 2.34. The molecule has 0 aromatic heterocycles. The van der Waals surface area contributed by atoms with Gasteiger partial charge in [-0.2, -0.15) is 0 Å². The fourth-order valence-electron chi connectivity index (χ4n) is 6.61. The molecule has 0 aromatic rings. The first-order valence-electron chi connectivity index (χ1n) is 9.18. The zero-order chi connectivity index (χ0) is 17.3. The molecule has 0 spiro atoms. The summed E-state index contributed by atoms with van der Waals surface area (Å²) in [6.45, 7) is 14.9. The summed E-state index contributed by atoms with van der Waals surface area (Å²) in [6.07, 6.45) is 5.42. The average molecular weight is 322 g/mol. The van der Waals surface area contributed by atoms with Crippen LogP contribution in [0.1, 0.15) is 66.7 Å². The van der Waals surface area contributed by atoms with Gasteiger partial charge in [-0.15, -0.1) is 6.58 Å². The molecule has 0 unspecified atom stereocenters. The Morgan fingerprint density at radius 1 is 1.04 bits per heavy atom. The second kappa shape index (κ2) is 5.06. The van der Waals surface area contributed by atoms with Crippen LogP contribution in [0.5, 0.6) is 0 Å². The maximum atomic E-state index is 11.1. The minimum absolute atomic E-state index is 0.0312. The van der Waals surface area contributed by atoms with E-state index in [1.807, 2.05) is 13.0 Å². The molecule has 3 heteroatoms. The van der Waals surface area contributed by atoms with Crippen LogP contribution in [0.2, 0.25) is 0 Å². The molecule has 23 heavy (non-hydrogen) atoms. The van der Waals surface area contributed by atoms with Gasteiger partial charge in [0.15, 0.2) is 0 Å². The van der Waals surface area contributed by atoms with Gasteiger partial charge in [-0.1, -0.05) is 26.8 Å². The molecule has 0 aromatic carbocycles. The highest BCUT2D eigenvalue weighted by molar-refractivity contribution is 5.17. The van der Waals surface area contributed by atoms with Crippen LogP contribution in [0.15, 0.2) is 12.7 Å². The predicted molar refractivity (Wildman–Crippen MR) is 92.1 cm³/mol. The standard InChI is InChI=1S/C20H34O3/c1-7-18(4)12-13(21)16-19(5,23-18)11-8-14-17(2,3)10-9-15(22)20(14,16)6/h7,13-16,21-22H,1,8-12H2,2-6H3/t13-,14-,15+,16-,18-,19+,20+/m0/s1. The predicted octanol–water partition coefficient (Wildman–Crippen LogP) is 3.68. The molecule has 3 fully saturated rings. The molecule has 0 radical (unpaired) electrons. The molecule has 0 amide bonds. The van der Waals surface area contributed by atoms with E-state index in [1.54, 1.807) is 0 Å². The van der Waals surface area contributed by atoms with Crippen molar-refractivity contribution in [2.75, 3.05) is 0 Å². The molecule has 2 aliphatic carbocycles. The normalized spacial score (nSPS) is 55.6. The number of rotatable bonds is 1. The lowest BCUT2D eigenvalue weighted by atomic mass is 9.43. The van der Waals surface area contributed by atoms with Crippen LogP contribution in [0.4, 0.5) is 0 Å². The first-order valence-corrected chi connectivity index (χ1v) is 9.18. The number of aliphatic hydroxyl groups excluding tert-OH is 2. The Bertz CT molecular complexity index is 501. The van der Waals surface area contributed by atoms with Gasteiger partial charge in [-0.3, -0.25) is 0 Å². The Labute approximate surface area is 141 Å². The van der Waals surface area contributed by atoms with Crippen LogP contribution in [0.25, 0.3) is 0 Å². The highest BCUT2D eigenvalue weighted by Crippen LogP contribution is 2.65. The quantitative estimate of drug-likeness (QED) is 0.724. The van der Waals surface area contributed by atoms with Crippen molar-refractivity contribution < 1.29 is 14.9 Å². The highest BCUT2D eigenvalue weighted by Gasteiger charge is 2.66. The second-order valence-electron chi connectivity index (χ2n) is 9.68. The van der Waals surface area contributed by atoms with E-state index in [9.17, 15) is 10.2 Å². The molecule has 3 aliphatic rings. The van der Waals surface area contributed by atoms with E-state index < -0.39 is 17.3 Å². The van der Waals surface area contributed by atoms with Gasteiger partial charge >= 0.3 is 0 Å². The van der Waals surface area contributed by atoms with E-state index >= 15 is 0 Å². The van der Waals surface area contributed by atoms with Crippen LogP contribution in [-0.4, -0.2) is 33.6 Å². The SMILES string of the molecule is C=C[C@@]1(C)C[C@H](O)[C@@H]2[C@@]3(C)[C@H](O)CCC(C)(C)[C@@H]3CC[C@@]2(C)O1. The van der Waals surface area contributed by atoms with E-state index in [1.165, 1.54) is 0 Å². The minimum Gasteiger partial charge on any atom is -0.393 e. The number of hydrogen-bond acceptors (Lipinski definition) is 3. The van der Waals surface area contributed by atoms with Gasteiger partial charge in [-0.25, -0.2) is 0 Å². The van der Waals surface area contributed by atoms with Gasteiger partial charge in [0.25, 0.3) is 0 Å². The Kier molecular flexibility index (Phi) is 3.84. The van der Waals surface area contributed by atoms with Gasteiger partial charge in [-0.05, 0) is 50.9 Å². The van der Waals surface area contributed by atoms with Crippen molar-refractivity contribution in [3.8, 4) is 0 Å². The smallest absolute Gasteiger partial charge is 0.0864 e. The lowest BCUT2D eigenvalue weighted by molar-refractivity contribution is -0.301. The van der Waals surface area contributed by atoms with E-state index in [0.717, 1.165) is 25.7 Å². The van der Waals surface area contributed by atoms with Gasteiger partial charge in [0.1, 0.15) is 0 Å². The van der Waals surface area contributed by atoms with Gasteiger partial charge in [0, 0.05) is 17.8 Å². The van der Waals surface area contributed by atoms with E-state index in [4.69, 9.17) is 4.74 Å². The van der Waals surface area contributed by atoms with E-state index in [2.05, 4.69) is 34.3 Å². The third-order valence-electron chi connectivity index (χ3n) is 7.63. The molecule has 3 nitrogen and oxygen atoms in total. The van der Waals surface area contributed by atoms with Gasteiger partial charge < -0.3 is 14.9 Å². The summed E-state index contributed by atoms with van der Waals surface area (Å²) < 4.78 is 6.53. The van der Waals surface area contributed by atoms with Gasteiger partial charge in [0.05, 0.1) is 23.4 Å². The van der Waals surface area contributed by atoms with Crippen molar-refractivity contribution in [2.24, 2.45) is 22.7 Å². The summed E-state index contributed by atoms with van der Waals surface area (Å²) in [7, 11) is 0. The maximum absolute atomic E-state index is 11.1. The minimum atomic E-state index is -0.483. The zero-order valence-corrected chi connectivity index (χ0v) is 15.4. The van der Waals surface area contributed by atoms with Crippen molar-refractivity contribution in [3.05, 3.63) is 12.7 Å². The molecular formula is C20H34O3. The topological polar surface area (TPSA) is 49.7 Å². The Morgan fingerprint density at radius 3 is 2.30 bits per heavy atom. The van der Waals surface area contributed by atoms with Crippen LogP contribution in [0.3, 0.4) is 0 Å². The Morgan fingerprint density at radius 2 is 1.70 bits per heavy atom. The summed E-state index contributed by atoms with van der Waals surface area (Å²) in [5.74, 6) is 0.388. The van der Waals surface area contributed by atoms with Gasteiger partial charge in [0.2, 0.25) is 0 Å². The molecule has 1 aliphatic heterocycles. The van der Waals surface area contributed by atoms with Crippen molar-refractivity contribution in [1.29, 1.82) is 0 Å². The first kappa shape index (κ1) is 17.4. The zero-order valence-electron chi connectivity index (χ0n) is 15.4. The number of hydrogen-bond donors (Lipinski definition) is 2. The van der Waals surface area contributed by atoms with Crippen LogP contribution in [0, 0.1) is 22.7 Å². The average Bonchev–Trinajstić information content (AvgIpc) is 2.41. The van der Waals surface area contributed by atoms with Crippen LogP contribution in [-0.2, 0) is 4.74 Å². The monoisotopic (exact) mass is 322 g/mol. The van der Waals surface area contributed by atoms with Crippen molar-refractivity contribution in [1.82, 2.24) is 0 Å². The highest BCUT2D eigenvalue weighted by atomic mass is 16.5. The largest absolute Gasteiger partial charge is 0.393 e. The lowest BCUT2D eigenvalue weighted by Gasteiger charge is -2.67. The number of fused-ring (bicyclic) bond motifs is 3. The van der Waals surface area contributed by atoms with Crippen molar-refractivity contribution >= 4 is 0 Å². The van der Waals surface area contributed by atoms with Crippen LogP contribution < -0.4 is 0 Å². The summed E-state index contributed by atoms with van der Waals surface area (Å²) in [5.41, 5.74) is -0.978. The first-order chi connectivity index (χ1) is 10.5. The molecule has 3 rings (SSSR count). The third-order valence-corrected chi connectivity index (χ3v) is 7.63. The molecular weight excluding hydrogens is 288 g/mol. The summed E-state index contributed by atoms with van der Waals surface area (Å²) in [4.78, 5) is 0. The summed E-state index contributed by atoms with van der Waals surface area (Å²) in [5, 5.41) is 22.1.